The molecule has 1 rings (SSSR count). The van der Waals surface area contributed by atoms with Gasteiger partial charge in [0.15, 0.2) is 0 Å². The molecule has 1 amide bonds. The maximum absolute atomic E-state index is 12.0. The smallest absolute Gasteiger partial charge is 0.239 e. The lowest BCUT2D eigenvalue weighted by Gasteiger charge is -2.27. The molecule has 1 aliphatic rings. The summed E-state index contributed by atoms with van der Waals surface area (Å²) in [5, 5.41) is 0. The van der Waals surface area contributed by atoms with Crippen LogP contribution in [0.2, 0.25) is 0 Å². The minimum absolute atomic E-state index is 0.147. The lowest BCUT2D eigenvalue weighted by atomic mass is 9.80. The summed E-state index contributed by atoms with van der Waals surface area (Å²) in [6, 6.07) is -0.288. The van der Waals surface area contributed by atoms with Gasteiger partial charge in [-0.05, 0) is 24.2 Å². The van der Waals surface area contributed by atoms with Crippen molar-refractivity contribution in [1.82, 2.24) is 4.90 Å². The Balaban J connectivity index is 2.50. The van der Waals surface area contributed by atoms with E-state index in [0.29, 0.717) is 11.3 Å². The van der Waals surface area contributed by atoms with E-state index < -0.39 is 0 Å². The Kier molecular flexibility index (Phi) is 4.36. The van der Waals surface area contributed by atoms with E-state index in [1.165, 1.54) is 0 Å². The van der Waals surface area contributed by atoms with Gasteiger partial charge in [0.25, 0.3) is 0 Å². The number of carbonyl (C=O) groups is 1. The van der Waals surface area contributed by atoms with Crippen molar-refractivity contribution in [2.45, 2.75) is 53.0 Å². The number of hydrogen-bond acceptors (Lipinski definition) is 2. The zero-order valence-electron chi connectivity index (χ0n) is 11.1. The van der Waals surface area contributed by atoms with Gasteiger partial charge in [0.1, 0.15) is 0 Å². The Morgan fingerprint density at radius 2 is 2.12 bits per heavy atom. The van der Waals surface area contributed by atoms with E-state index in [2.05, 4.69) is 27.7 Å². The van der Waals surface area contributed by atoms with Crippen molar-refractivity contribution < 1.29 is 4.79 Å². The fraction of sp³-hybridized carbons (Fsp3) is 0.923. The van der Waals surface area contributed by atoms with Crippen LogP contribution in [0.1, 0.15) is 47.0 Å². The van der Waals surface area contributed by atoms with Crippen molar-refractivity contribution in [2.75, 3.05) is 13.1 Å². The molecule has 3 heteroatoms. The predicted octanol–water partition coefficient (Wildman–Crippen LogP) is 2.01. The van der Waals surface area contributed by atoms with Gasteiger partial charge in [0.2, 0.25) is 5.91 Å². The first kappa shape index (κ1) is 13.5. The Labute approximate surface area is 99.4 Å². The fourth-order valence-electron chi connectivity index (χ4n) is 2.34. The van der Waals surface area contributed by atoms with Crippen LogP contribution in [0.25, 0.3) is 0 Å². The molecule has 1 fully saturated rings. The van der Waals surface area contributed by atoms with Gasteiger partial charge in [-0.2, -0.15) is 0 Å². The number of rotatable bonds is 3. The van der Waals surface area contributed by atoms with Crippen LogP contribution in [0.4, 0.5) is 0 Å². The minimum atomic E-state index is -0.288. The van der Waals surface area contributed by atoms with Crippen LogP contribution in [0.15, 0.2) is 0 Å². The Bertz CT molecular complexity index is 245. The minimum Gasteiger partial charge on any atom is -0.341 e. The summed E-state index contributed by atoms with van der Waals surface area (Å²) in [4.78, 5) is 14.0. The van der Waals surface area contributed by atoms with Crippen molar-refractivity contribution >= 4 is 5.91 Å². The van der Waals surface area contributed by atoms with E-state index in [1.54, 1.807) is 0 Å². The largest absolute Gasteiger partial charge is 0.341 e. The second-order valence-corrected chi connectivity index (χ2v) is 6.03. The van der Waals surface area contributed by atoms with Crippen LogP contribution < -0.4 is 5.73 Å². The highest BCUT2D eigenvalue weighted by molar-refractivity contribution is 5.81. The third-order valence-corrected chi connectivity index (χ3v) is 3.64. The number of likely N-dealkylation sites (tertiary alicyclic amines) is 1. The second-order valence-electron chi connectivity index (χ2n) is 6.03. The number of amides is 1. The van der Waals surface area contributed by atoms with E-state index in [1.807, 2.05) is 4.90 Å². The summed E-state index contributed by atoms with van der Waals surface area (Å²) in [6.45, 7) is 10.6. The highest BCUT2D eigenvalue weighted by Gasteiger charge is 2.34. The van der Waals surface area contributed by atoms with Gasteiger partial charge in [0.05, 0.1) is 6.04 Å². The van der Waals surface area contributed by atoms with Crippen LogP contribution in [0.3, 0.4) is 0 Å². The number of carbonyl (C=O) groups excluding carboxylic acids is 1. The normalized spacial score (nSPS) is 23.6. The van der Waals surface area contributed by atoms with Crippen molar-refractivity contribution in [1.29, 1.82) is 0 Å². The summed E-state index contributed by atoms with van der Waals surface area (Å²) in [7, 11) is 0. The van der Waals surface area contributed by atoms with Crippen molar-refractivity contribution in [3.8, 4) is 0 Å². The van der Waals surface area contributed by atoms with Gasteiger partial charge in [-0.3, -0.25) is 4.79 Å². The predicted molar refractivity (Wildman–Crippen MR) is 67.0 cm³/mol. The molecular weight excluding hydrogens is 200 g/mol. The van der Waals surface area contributed by atoms with E-state index in [4.69, 9.17) is 5.73 Å². The SMILES string of the molecule is CCC[C@@H](N)C(=O)N1CCC(C(C)(C)C)C1. The quantitative estimate of drug-likeness (QED) is 0.800. The first-order chi connectivity index (χ1) is 7.36. The second kappa shape index (κ2) is 5.17. The zero-order chi connectivity index (χ0) is 12.3. The van der Waals surface area contributed by atoms with E-state index in [9.17, 15) is 4.79 Å². The van der Waals surface area contributed by atoms with E-state index in [-0.39, 0.29) is 11.9 Å². The number of nitrogens with two attached hydrogens (primary N) is 1. The van der Waals surface area contributed by atoms with Crippen LogP contribution in [-0.2, 0) is 4.79 Å². The summed E-state index contributed by atoms with van der Waals surface area (Å²) < 4.78 is 0. The van der Waals surface area contributed by atoms with E-state index >= 15 is 0 Å². The monoisotopic (exact) mass is 226 g/mol. The molecule has 0 aliphatic carbocycles. The average molecular weight is 226 g/mol. The summed E-state index contributed by atoms with van der Waals surface area (Å²) in [5.74, 6) is 0.763. The molecule has 1 heterocycles. The molecule has 0 bridgehead atoms. The van der Waals surface area contributed by atoms with Gasteiger partial charge in [-0.1, -0.05) is 34.1 Å². The van der Waals surface area contributed by atoms with Crippen LogP contribution in [-0.4, -0.2) is 29.9 Å². The molecule has 0 saturated carbocycles. The summed E-state index contributed by atoms with van der Waals surface area (Å²) >= 11 is 0. The lowest BCUT2D eigenvalue weighted by molar-refractivity contribution is -0.131. The van der Waals surface area contributed by atoms with Crippen LogP contribution >= 0.6 is 0 Å². The zero-order valence-corrected chi connectivity index (χ0v) is 11.1. The Hall–Kier alpha value is -0.570. The molecule has 2 N–H and O–H groups in total. The standard InChI is InChI=1S/C13H26N2O/c1-5-6-11(14)12(16)15-8-7-10(9-15)13(2,3)4/h10-11H,5-9,14H2,1-4H3/t10?,11-/m1/s1. The maximum Gasteiger partial charge on any atom is 0.239 e. The fourth-order valence-corrected chi connectivity index (χ4v) is 2.34. The summed E-state index contributed by atoms with van der Waals surface area (Å²) in [5.41, 5.74) is 6.17. The maximum atomic E-state index is 12.0. The highest BCUT2D eigenvalue weighted by Crippen LogP contribution is 2.33. The molecule has 1 unspecified atom stereocenters. The molecule has 0 aromatic rings. The average Bonchev–Trinajstić information content (AvgIpc) is 2.65. The molecule has 0 aromatic carbocycles. The third kappa shape index (κ3) is 3.21. The molecule has 0 radical (unpaired) electrons. The lowest BCUT2D eigenvalue weighted by Crippen LogP contribution is -2.43. The molecule has 2 atom stereocenters. The molecule has 3 nitrogen and oxygen atoms in total. The molecule has 0 aromatic heterocycles. The number of nitrogens with zero attached hydrogens (tertiary/aromatic N) is 1. The van der Waals surface area contributed by atoms with Crippen LogP contribution in [0.5, 0.6) is 0 Å². The molecule has 16 heavy (non-hydrogen) atoms. The first-order valence-electron chi connectivity index (χ1n) is 6.40. The van der Waals surface area contributed by atoms with Crippen LogP contribution in [0, 0.1) is 11.3 Å². The van der Waals surface area contributed by atoms with Gasteiger partial charge in [-0.25, -0.2) is 0 Å². The molecule has 1 saturated heterocycles. The third-order valence-electron chi connectivity index (χ3n) is 3.64. The van der Waals surface area contributed by atoms with Crippen molar-refractivity contribution in [2.24, 2.45) is 17.1 Å². The highest BCUT2D eigenvalue weighted by atomic mass is 16.2. The van der Waals surface area contributed by atoms with E-state index in [0.717, 1.165) is 32.4 Å². The van der Waals surface area contributed by atoms with Gasteiger partial charge < -0.3 is 10.6 Å². The summed E-state index contributed by atoms with van der Waals surface area (Å²) in [6.07, 6.45) is 2.90. The van der Waals surface area contributed by atoms with Gasteiger partial charge in [0, 0.05) is 13.1 Å². The molecule has 94 valence electrons. The Morgan fingerprint density at radius 3 is 2.56 bits per heavy atom. The first-order valence-corrected chi connectivity index (χ1v) is 6.40. The topological polar surface area (TPSA) is 46.3 Å². The Morgan fingerprint density at radius 1 is 1.50 bits per heavy atom. The van der Waals surface area contributed by atoms with Crippen molar-refractivity contribution in [3.63, 3.8) is 0 Å². The van der Waals surface area contributed by atoms with Gasteiger partial charge >= 0.3 is 0 Å². The van der Waals surface area contributed by atoms with Crippen molar-refractivity contribution in [3.05, 3.63) is 0 Å². The van der Waals surface area contributed by atoms with Gasteiger partial charge in [-0.15, -0.1) is 0 Å². The molecular formula is C13H26N2O. The molecule has 1 aliphatic heterocycles. The molecule has 0 spiro atoms. The number of hydrogen-bond donors (Lipinski definition) is 1.